The second kappa shape index (κ2) is 6.15. The predicted molar refractivity (Wildman–Crippen MR) is 85.2 cm³/mol. The van der Waals surface area contributed by atoms with Gasteiger partial charge in [-0.25, -0.2) is 0 Å². The van der Waals surface area contributed by atoms with Gasteiger partial charge < -0.3 is 10.2 Å². The Kier molecular flexibility index (Phi) is 4.27. The van der Waals surface area contributed by atoms with Gasteiger partial charge >= 0.3 is 0 Å². The van der Waals surface area contributed by atoms with Crippen LogP contribution in [0.1, 0.15) is 30.9 Å². The average molecular weight is 273 g/mol. The summed E-state index contributed by atoms with van der Waals surface area (Å²) in [4.78, 5) is 5.17. The highest BCUT2D eigenvalue weighted by Crippen LogP contribution is 2.25. The molecule has 2 heterocycles. The largest absolute Gasteiger partial charge is 0.384 e. The Hall–Kier alpha value is -1.06. The molecule has 1 unspecified atom stereocenters. The van der Waals surface area contributed by atoms with E-state index in [1.54, 1.807) is 0 Å². The summed E-state index contributed by atoms with van der Waals surface area (Å²) >= 11 is 0. The molecule has 1 aromatic carbocycles. The van der Waals surface area contributed by atoms with Crippen LogP contribution in [0.2, 0.25) is 0 Å². The highest BCUT2D eigenvalue weighted by molar-refractivity contribution is 5.57. The molecule has 2 aliphatic heterocycles. The zero-order valence-corrected chi connectivity index (χ0v) is 12.9. The lowest BCUT2D eigenvalue weighted by Crippen LogP contribution is -2.39. The van der Waals surface area contributed by atoms with E-state index < -0.39 is 0 Å². The Morgan fingerprint density at radius 1 is 1.30 bits per heavy atom. The van der Waals surface area contributed by atoms with E-state index in [1.165, 1.54) is 55.7 Å². The molecular formula is C17H27N3. The topological polar surface area (TPSA) is 18.5 Å². The minimum atomic E-state index is 0.698. The summed E-state index contributed by atoms with van der Waals surface area (Å²) in [6.07, 6.45) is 3.71. The van der Waals surface area contributed by atoms with Crippen molar-refractivity contribution < 1.29 is 0 Å². The van der Waals surface area contributed by atoms with Gasteiger partial charge in [-0.15, -0.1) is 0 Å². The fourth-order valence-electron chi connectivity index (χ4n) is 3.56. The molecule has 0 bridgehead atoms. The second-order valence-electron chi connectivity index (χ2n) is 6.32. The highest BCUT2D eigenvalue weighted by atomic mass is 15.2. The van der Waals surface area contributed by atoms with Crippen molar-refractivity contribution in [3.05, 3.63) is 29.3 Å². The SMILES string of the molecule is CCC1CN(C)CCCN1Cc1ccc2c(c1)NCC2. The molecule has 0 amide bonds. The van der Waals surface area contributed by atoms with Gasteiger partial charge in [0.2, 0.25) is 0 Å². The van der Waals surface area contributed by atoms with Crippen LogP contribution < -0.4 is 5.32 Å². The van der Waals surface area contributed by atoms with Crippen molar-refractivity contribution in [1.29, 1.82) is 0 Å². The molecule has 3 nitrogen and oxygen atoms in total. The maximum absolute atomic E-state index is 3.50. The van der Waals surface area contributed by atoms with Crippen LogP contribution in [0.25, 0.3) is 0 Å². The van der Waals surface area contributed by atoms with Crippen molar-refractivity contribution in [1.82, 2.24) is 9.80 Å². The lowest BCUT2D eigenvalue weighted by atomic mass is 10.1. The zero-order chi connectivity index (χ0) is 13.9. The molecule has 1 saturated heterocycles. The molecule has 0 aromatic heterocycles. The van der Waals surface area contributed by atoms with Gasteiger partial charge in [0, 0.05) is 37.9 Å². The number of benzene rings is 1. The molecule has 1 N–H and O–H groups in total. The van der Waals surface area contributed by atoms with E-state index in [2.05, 4.69) is 47.3 Å². The molecule has 0 saturated carbocycles. The van der Waals surface area contributed by atoms with E-state index in [0.29, 0.717) is 6.04 Å². The number of nitrogens with zero attached hydrogens (tertiary/aromatic N) is 2. The third-order valence-corrected chi connectivity index (χ3v) is 4.76. The summed E-state index contributed by atoms with van der Waals surface area (Å²) in [6, 6.07) is 7.70. The summed E-state index contributed by atoms with van der Waals surface area (Å²) in [5, 5.41) is 3.50. The van der Waals surface area contributed by atoms with Gasteiger partial charge in [0.1, 0.15) is 0 Å². The summed E-state index contributed by atoms with van der Waals surface area (Å²) in [5.41, 5.74) is 4.31. The van der Waals surface area contributed by atoms with Gasteiger partial charge in [0.25, 0.3) is 0 Å². The van der Waals surface area contributed by atoms with E-state index in [1.807, 2.05) is 0 Å². The van der Waals surface area contributed by atoms with Gasteiger partial charge in [0.15, 0.2) is 0 Å². The average Bonchev–Trinajstić information content (AvgIpc) is 2.83. The van der Waals surface area contributed by atoms with Crippen LogP contribution in [0.4, 0.5) is 5.69 Å². The molecule has 3 rings (SSSR count). The lowest BCUT2D eigenvalue weighted by molar-refractivity contribution is 0.176. The van der Waals surface area contributed by atoms with Crippen molar-refractivity contribution >= 4 is 5.69 Å². The minimum absolute atomic E-state index is 0.698. The quantitative estimate of drug-likeness (QED) is 0.913. The van der Waals surface area contributed by atoms with Gasteiger partial charge in [-0.1, -0.05) is 19.1 Å². The molecule has 0 spiro atoms. The van der Waals surface area contributed by atoms with Gasteiger partial charge in [-0.3, -0.25) is 4.90 Å². The van der Waals surface area contributed by atoms with E-state index in [9.17, 15) is 0 Å². The number of likely N-dealkylation sites (N-methyl/N-ethyl adjacent to an activating group) is 1. The molecule has 3 heteroatoms. The summed E-state index contributed by atoms with van der Waals surface area (Å²) in [5.74, 6) is 0. The monoisotopic (exact) mass is 273 g/mol. The predicted octanol–water partition coefficient (Wildman–Crippen LogP) is 2.57. The Balaban J connectivity index is 1.72. The van der Waals surface area contributed by atoms with Crippen LogP contribution in [0, 0.1) is 0 Å². The normalized spacial score (nSPS) is 24.2. The molecule has 110 valence electrons. The third-order valence-electron chi connectivity index (χ3n) is 4.76. The summed E-state index contributed by atoms with van der Waals surface area (Å²) in [7, 11) is 2.26. The standard InChI is InChI=1S/C17H27N3/c1-3-16-13-19(2)9-4-10-20(16)12-14-5-6-15-7-8-18-17(15)11-14/h5-6,11,16,18H,3-4,7-10,12-13H2,1-2H3. The molecule has 0 radical (unpaired) electrons. The number of anilines is 1. The van der Waals surface area contributed by atoms with Crippen LogP contribution in [0.15, 0.2) is 18.2 Å². The first-order chi connectivity index (χ1) is 9.76. The number of fused-ring (bicyclic) bond motifs is 1. The summed E-state index contributed by atoms with van der Waals surface area (Å²) < 4.78 is 0. The van der Waals surface area contributed by atoms with Crippen molar-refractivity contribution in [3.8, 4) is 0 Å². The number of hydrogen-bond acceptors (Lipinski definition) is 3. The lowest BCUT2D eigenvalue weighted by Gasteiger charge is -2.30. The van der Waals surface area contributed by atoms with Crippen LogP contribution in [0.3, 0.4) is 0 Å². The zero-order valence-electron chi connectivity index (χ0n) is 12.9. The van der Waals surface area contributed by atoms with Crippen molar-refractivity contribution in [3.63, 3.8) is 0 Å². The minimum Gasteiger partial charge on any atom is -0.384 e. The van der Waals surface area contributed by atoms with E-state index >= 15 is 0 Å². The Labute approximate surface area is 123 Å². The Morgan fingerprint density at radius 3 is 3.05 bits per heavy atom. The number of rotatable bonds is 3. The smallest absolute Gasteiger partial charge is 0.0376 e. The van der Waals surface area contributed by atoms with Crippen molar-refractivity contribution in [2.45, 2.75) is 38.8 Å². The molecule has 1 fully saturated rings. The van der Waals surface area contributed by atoms with Crippen LogP contribution in [0.5, 0.6) is 0 Å². The molecule has 20 heavy (non-hydrogen) atoms. The Morgan fingerprint density at radius 2 is 2.20 bits per heavy atom. The first kappa shape index (κ1) is 13.9. The fraction of sp³-hybridized carbons (Fsp3) is 0.647. The van der Waals surface area contributed by atoms with Crippen LogP contribution >= 0.6 is 0 Å². The van der Waals surface area contributed by atoms with Gasteiger partial charge in [-0.05, 0) is 50.0 Å². The van der Waals surface area contributed by atoms with Gasteiger partial charge in [-0.2, -0.15) is 0 Å². The molecule has 1 aromatic rings. The van der Waals surface area contributed by atoms with Crippen LogP contribution in [-0.2, 0) is 13.0 Å². The number of hydrogen-bond donors (Lipinski definition) is 1. The molecule has 0 aliphatic carbocycles. The molecule has 1 atom stereocenters. The second-order valence-corrected chi connectivity index (χ2v) is 6.32. The highest BCUT2D eigenvalue weighted by Gasteiger charge is 2.22. The molecular weight excluding hydrogens is 246 g/mol. The summed E-state index contributed by atoms with van der Waals surface area (Å²) in [6.45, 7) is 8.19. The molecule has 2 aliphatic rings. The van der Waals surface area contributed by atoms with Crippen molar-refractivity contribution in [2.75, 3.05) is 38.5 Å². The Bertz CT molecular complexity index is 458. The number of nitrogens with one attached hydrogen (secondary N) is 1. The first-order valence-electron chi connectivity index (χ1n) is 8.04. The fourth-order valence-corrected chi connectivity index (χ4v) is 3.56. The van der Waals surface area contributed by atoms with E-state index in [0.717, 1.165) is 13.1 Å². The van der Waals surface area contributed by atoms with E-state index in [-0.39, 0.29) is 0 Å². The van der Waals surface area contributed by atoms with Crippen molar-refractivity contribution in [2.24, 2.45) is 0 Å². The maximum Gasteiger partial charge on any atom is 0.0376 e. The van der Waals surface area contributed by atoms with E-state index in [4.69, 9.17) is 0 Å². The third kappa shape index (κ3) is 2.99. The van der Waals surface area contributed by atoms with Gasteiger partial charge in [0.05, 0.1) is 0 Å². The van der Waals surface area contributed by atoms with Crippen LogP contribution in [-0.4, -0.2) is 49.1 Å². The maximum atomic E-state index is 3.50. The first-order valence-corrected chi connectivity index (χ1v) is 8.04.